The second-order valence-electron chi connectivity index (χ2n) is 6.86. The van der Waals surface area contributed by atoms with Crippen LogP contribution in [0.4, 0.5) is 5.82 Å². The number of anilines is 1. The Morgan fingerprint density at radius 1 is 1.13 bits per heavy atom. The monoisotopic (exact) mass is 418 g/mol. The Hall–Kier alpha value is -3.45. The van der Waals surface area contributed by atoms with Crippen LogP contribution in [-0.4, -0.2) is 27.8 Å². The maximum Gasteiger partial charge on any atom is 0.225 e. The van der Waals surface area contributed by atoms with E-state index in [1.807, 2.05) is 73.0 Å². The first kappa shape index (κ1) is 19.8. The minimum absolute atomic E-state index is 0.0491. The van der Waals surface area contributed by atoms with Crippen LogP contribution in [-0.2, 0) is 11.2 Å². The molecule has 0 atom stereocenters. The first-order chi connectivity index (χ1) is 14.6. The largest absolute Gasteiger partial charge is 0.497 e. The summed E-state index contributed by atoms with van der Waals surface area (Å²) in [5.41, 5.74) is 3.80. The van der Waals surface area contributed by atoms with Crippen LogP contribution in [0.15, 0.2) is 66.0 Å². The fraction of sp³-hybridized carbons (Fsp3) is 0.174. The predicted octanol–water partition coefficient (Wildman–Crippen LogP) is 4.88. The second-order valence-corrected chi connectivity index (χ2v) is 7.70. The summed E-state index contributed by atoms with van der Waals surface area (Å²) in [4.78, 5) is 17.2. The molecule has 0 radical (unpaired) electrons. The van der Waals surface area contributed by atoms with Crippen LogP contribution < -0.4 is 10.1 Å². The smallest absolute Gasteiger partial charge is 0.225 e. The molecule has 1 N–H and O–H groups in total. The molecule has 0 aliphatic rings. The van der Waals surface area contributed by atoms with Gasteiger partial charge in [-0.1, -0.05) is 30.3 Å². The van der Waals surface area contributed by atoms with E-state index in [-0.39, 0.29) is 5.91 Å². The lowest BCUT2D eigenvalue weighted by Crippen LogP contribution is -2.15. The Kier molecular flexibility index (Phi) is 5.90. The highest BCUT2D eigenvalue weighted by Crippen LogP contribution is 2.27. The van der Waals surface area contributed by atoms with Gasteiger partial charge in [-0.05, 0) is 43.2 Å². The van der Waals surface area contributed by atoms with Gasteiger partial charge in [0.2, 0.25) is 11.0 Å². The van der Waals surface area contributed by atoms with Crippen molar-refractivity contribution in [3.63, 3.8) is 0 Å². The van der Waals surface area contributed by atoms with Crippen molar-refractivity contribution >= 4 is 23.1 Å². The van der Waals surface area contributed by atoms with Gasteiger partial charge in [-0.2, -0.15) is 9.78 Å². The second kappa shape index (κ2) is 8.92. The van der Waals surface area contributed by atoms with Crippen LogP contribution in [0.5, 0.6) is 5.75 Å². The van der Waals surface area contributed by atoms with Crippen LogP contribution in [0.2, 0.25) is 0 Å². The molecule has 2 aromatic carbocycles. The third kappa shape index (κ3) is 4.58. The van der Waals surface area contributed by atoms with Crippen molar-refractivity contribution in [3.8, 4) is 22.1 Å². The van der Waals surface area contributed by atoms with E-state index in [1.165, 1.54) is 11.3 Å². The molecule has 30 heavy (non-hydrogen) atoms. The summed E-state index contributed by atoms with van der Waals surface area (Å²) in [6.07, 6.45) is 1.10. The minimum atomic E-state index is -0.0491. The maximum absolute atomic E-state index is 12.5. The number of hydrogen-bond acceptors (Lipinski definition) is 5. The third-order valence-electron chi connectivity index (χ3n) is 4.64. The summed E-state index contributed by atoms with van der Waals surface area (Å²) in [6.45, 7) is 1.90. The average Bonchev–Trinajstić information content (AvgIpc) is 3.40. The lowest BCUT2D eigenvalue weighted by Gasteiger charge is -2.07. The Morgan fingerprint density at radius 2 is 1.90 bits per heavy atom. The molecule has 6 nitrogen and oxygen atoms in total. The summed E-state index contributed by atoms with van der Waals surface area (Å²) in [6, 6.07) is 19.6. The molecule has 0 unspecified atom stereocenters. The van der Waals surface area contributed by atoms with Gasteiger partial charge in [-0.15, -0.1) is 11.3 Å². The van der Waals surface area contributed by atoms with Gasteiger partial charge in [0.05, 0.1) is 18.5 Å². The van der Waals surface area contributed by atoms with Gasteiger partial charge in [0.15, 0.2) is 0 Å². The zero-order valence-corrected chi connectivity index (χ0v) is 17.6. The summed E-state index contributed by atoms with van der Waals surface area (Å²) >= 11 is 1.48. The molecule has 4 aromatic rings. The van der Waals surface area contributed by atoms with E-state index in [2.05, 4.69) is 10.4 Å². The first-order valence-corrected chi connectivity index (χ1v) is 10.5. The molecule has 0 fully saturated rings. The maximum atomic E-state index is 12.5. The van der Waals surface area contributed by atoms with Gasteiger partial charge >= 0.3 is 0 Å². The first-order valence-electron chi connectivity index (χ1n) is 9.63. The van der Waals surface area contributed by atoms with Crippen LogP contribution in [0.1, 0.15) is 17.7 Å². The van der Waals surface area contributed by atoms with E-state index in [1.54, 1.807) is 11.8 Å². The molecule has 0 saturated carbocycles. The van der Waals surface area contributed by atoms with Gasteiger partial charge in [0.1, 0.15) is 11.6 Å². The van der Waals surface area contributed by atoms with Gasteiger partial charge in [0.25, 0.3) is 0 Å². The lowest BCUT2D eigenvalue weighted by atomic mass is 10.1. The molecule has 1 amide bonds. The zero-order valence-electron chi connectivity index (χ0n) is 16.8. The number of benzene rings is 2. The minimum Gasteiger partial charge on any atom is -0.497 e. The molecule has 152 valence electrons. The van der Waals surface area contributed by atoms with Gasteiger partial charge in [-0.3, -0.25) is 4.79 Å². The van der Waals surface area contributed by atoms with Gasteiger partial charge in [0, 0.05) is 23.4 Å². The Balaban J connectivity index is 1.49. The Labute approximate surface area is 179 Å². The van der Waals surface area contributed by atoms with Crippen LogP contribution >= 0.6 is 11.3 Å². The van der Waals surface area contributed by atoms with Crippen molar-refractivity contribution in [3.05, 3.63) is 77.3 Å². The number of hydrogen-bond donors (Lipinski definition) is 1. The Bertz CT molecular complexity index is 1130. The number of aryl methyl sites for hydroxylation is 2. The highest BCUT2D eigenvalue weighted by molar-refractivity contribution is 7.12. The summed E-state index contributed by atoms with van der Waals surface area (Å²) in [7, 11) is 1.64. The predicted molar refractivity (Wildman–Crippen MR) is 119 cm³/mol. The number of thiazole rings is 1. The average molecular weight is 419 g/mol. The molecule has 0 aliphatic carbocycles. The van der Waals surface area contributed by atoms with Crippen LogP contribution in [0.25, 0.3) is 16.4 Å². The highest BCUT2D eigenvalue weighted by atomic mass is 32.1. The van der Waals surface area contributed by atoms with Crippen molar-refractivity contribution in [2.75, 3.05) is 12.4 Å². The topological polar surface area (TPSA) is 69.0 Å². The quantitative estimate of drug-likeness (QED) is 0.464. The number of nitrogens with one attached hydrogen (secondary N) is 1. The fourth-order valence-corrected chi connectivity index (χ4v) is 3.89. The lowest BCUT2D eigenvalue weighted by molar-refractivity contribution is -0.116. The van der Waals surface area contributed by atoms with Crippen LogP contribution in [0, 0.1) is 6.92 Å². The van der Waals surface area contributed by atoms with E-state index in [9.17, 15) is 4.79 Å². The van der Waals surface area contributed by atoms with Crippen molar-refractivity contribution in [2.24, 2.45) is 0 Å². The number of nitrogens with zero attached hydrogens (tertiary/aromatic N) is 3. The van der Waals surface area contributed by atoms with Gasteiger partial charge in [-0.25, -0.2) is 4.98 Å². The molecule has 0 spiro atoms. The highest BCUT2D eigenvalue weighted by Gasteiger charge is 2.14. The molecule has 4 rings (SSSR count). The summed E-state index contributed by atoms with van der Waals surface area (Å²) in [5, 5.41) is 10.2. The van der Waals surface area contributed by atoms with Crippen molar-refractivity contribution in [1.29, 1.82) is 0 Å². The van der Waals surface area contributed by atoms with E-state index in [0.29, 0.717) is 23.8 Å². The molecule has 2 heterocycles. The van der Waals surface area contributed by atoms with E-state index < -0.39 is 0 Å². The summed E-state index contributed by atoms with van der Waals surface area (Å²) in [5.74, 6) is 1.38. The van der Waals surface area contributed by atoms with Crippen molar-refractivity contribution in [2.45, 2.75) is 19.8 Å². The number of methoxy groups -OCH3 is 1. The molecular formula is C23H22N4O2S. The number of ether oxygens (including phenoxy) is 1. The van der Waals surface area contributed by atoms with Crippen LogP contribution in [0.3, 0.4) is 0 Å². The SMILES string of the molecule is COc1ccc(-c2csc(-n3nc(C)cc3NC(=O)CCc3ccccc3)n2)cc1. The normalized spacial score (nSPS) is 10.7. The van der Waals surface area contributed by atoms with Crippen molar-refractivity contribution in [1.82, 2.24) is 14.8 Å². The third-order valence-corrected chi connectivity index (χ3v) is 5.46. The Morgan fingerprint density at radius 3 is 2.63 bits per heavy atom. The standard InChI is InChI=1S/C23H22N4O2S/c1-16-14-21(25-22(28)13-8-17-6-4-3-5-7-17)27(26-16)23-24-20(15-30-23)18-9-11-19(29-2)12-10-18/h3-7,9-12,14-15H,8,13H2,1-2H3,(H,25,28). The molecule has 0 aliphatic heterocycles. The number of carbonyl (C=O) groups excluding carboxylic acids is 1. The zero-order chi connectivity index (χ0) is 20.9. The molecular weight excluding hydrogens is 396 g/mol. The van der Waals surface area contributed by atoms with E-state index in [0.717, 1.165) is 28.3 Å². The van der Waals surface area contributed by atoms with Gasteiger partial charge < -0.3 is 10.1 Å². The molecule has 0 saturated heterocycles. The van der Waals surface area contributed by atoms with E-state index in [4.69, 9.17) is 9.72 Å². The summed E-state index contributed by atoms with van der Waals surface area (Å²) < 4.78 is 6.90. The molecule has 7 heteroatoms. The number of amides is 1. The molecule has 2 aromatic heterocycles. The number of rotatable bonds is 7. The number of aromatic nitrogens is 3. The molecule has 0 bridgehead atoms. The fourth-order valence-electron chi connectivity index (χ4n) is 3.10. The van der Waals surface area contributed by atoms with Crippen molar-refractivity contribution < 1.29 is 9.53 Å². The number of carbonyl (C=O) groups is 1. The van der Waals surface area contributed by atoms with E-state index >= 15 is 0 Å².